The molecule has 1 aromatic rings. The van der Waals surface area contributed by atoms with Gasteiger partial charge in [0.15, 0.2) is 5.82 Å². The van der Waals surface area contributed by atoms with Gasteiger partial charge in [-0.15, -0.1) is 5.11 Å². The lowest BCUT2D eigenvalue weighted by molar-refractivity contribution is 1.08. The van der Waals surface area contributed by atoms with Gasteiger partial charge in [-0.25, -0.2) is 10.5 Å². The van der Waals surface area contributed by atoms with Crippen molar-refractivity contribution in [2.45, 2.75) is 4.43 Å². The van der Waals surface area contributed by atoms with Crippen molar-refractivity contribution in [3.8, 4) is 0 Å². The van der Waals surface area contributed by atoms with E-state index in [2.05, 4.69) is 32.7 Å². The zero-order valence-electron chi connectivity index (χ0n) is 5.21. The largest absolute Gasteiger partial charge is 0.235 e. The van der Waals surface area contributed by atoms with E-state index in [0.29, 0.717) is 5.82 Å². The minimum Gasteiger partial charge on any atom is -0.235 e. The Morgan fingerprint density at radius 1 is 1.60 bits per heavy atom. The Kier molecular flexibility index (Phi) is 2.73. The molecule has 0 atom stereocenters. The Morgan fingerprint density at radius 3 is 2.80 bits per heavy atom. The molecule has 1 heterocycles. The third-order valence-corrected chi connectivity index (χ3v) is 1.96. The molecule has 0 amide bonds. The van der Waals surface area contributed by atoms with Gasteiger partial charge in [0.1, 0.15) is 0 Å². The summed E-state index contributed by atoms with van der Waals surface area (Å²) in [6, 6.07) is 3.66. The van der Waals surface area contributed by atoms with E-state index in [1.54, 1.807) is 12.3 Å². The summed E-state index contributed by atoms with van der Waals surface area (Å²) in [4.78, 5) is 3.91. The van der Waals surface area contributed by atoms with Gasteiger partial charge >= 0.3 is 0 Å². The van der Waals surface area contributed by atoms with Gasteiger partial charge in [0.25, 0.3) is 0 Å². The second-order valence-corrected chi connectivity index (χ2v) is 2.53. The second-order valence-electron chi connectivity index (χ2n) is 1.77. The van der Waals surface area contributed by atoms with Gasteiger partial charge < -0.3 is 0 Å². The molecule has 3 nitrogen and oxygen atoms in total. The topological polar surface area (TPSA) is 49.1 Å². The molecule has 0 bridgehead atoms. The van der Waals surface area contributed by atoms with E-state index >= 15 is 0 Å². The average Bonchev–Trinajstić information content (AvgIpc) is 2.05. The van der Waals surface area contributed by atoms with Gasteiger partial charge in [0.05, 0.1) is 0 Å². The van der Waals surface area contributed by atoms with Gasteiger partial charge in [-0.1, -0.05) is 28.7 Å². The fraction of sp³-hybridized carbons (Fsp3) is 0.167. The van der Waals surface area contributed by atoms with Crippen LogP contribution >= 0.6 is 22.6 Å². The molecule has 52 valence electrons. The first-order valence-electron chi connectivity index (χ1n) is 2.75. The first-order valence-corrected chi connectivity index (χ1v) is 4.27. The number of hydrogen-bond acceptors (Lipinski definition) is 3. The quantitative estimate of drug-likeness (QED) is 0.487. The highest BCUT2D eigenvalue weighted by molar-refractivity contribution is 14.1. The van der Waals surface area contributed by atoms with Crippen molar-refractivity contribution >= 4 is 28.4 Å². The van der Waals surface area contributed by atoms with Crippen LogP contribution in [-0.4, -0.2) is 4.98 Å². The summed E-state index contributed by atoms with van der Waals surface area (Å²) in [5.41, 5.74) is 7.79. The highest BCUT2D eigenvalue weighted by Crippen LogP contribution is 2.09. The Labute approximate surface area is 72.5 Å². The minimum absolute atomic E-state index is 0.466. The summed E-state index contributed by atoms with van der Waals surface area (Å²) in [6.07, 6.45) is 1.74. The van der Waals surface area contributed by atoms with Crippen molar-refractivity contribution in [3.05, 3.63) is 23.9 Å². The smallest absolute Gasteiger partial charge is 0.173 e. The zero-order chi connectivity index (χ0) is 7.40. The van der Waals surface area contributed by atoms with E-state index in [0.717, 1.165) is 9.99 Å². The van der Waals surface area contributed by atoms with Crippen molar-refractivity contribution in [2.75, 3.05) is 0 Å². The van der Waals surface area contributed by atoms with Crippen LogP contribution in [0.5, 0.6) is 0 Å². The van der Waals surface area contributed by atoms with Gasteiger partial charge in [-0.3, -0.25) is 0 Å². The van der Waals surface area contributed by atoms with Gasteiger partial charge in [0.2, 0.25) is 0 Å². The van der Waals surface area contributed by atoms with Crippen molar-refractivity contribution in [3.63, 3.8) is 0 Å². The highest BCUT2D eigenvalue weighted by atomic mass is 127. The molecule has 0 aliphatic rings. The van der Waals surface area contributed by atoms with Crippen LogP contribution in [-0.2, 0) is 4.43 Å². The van der Waals surface area contributed by atoms with Crippen molar-refractivity contribution in [2.24, 2.45) is 5.11 Å². The molecular weight excluding hydrogens is 241 g/mol. The lowest BCUT2D eigenvalue weighted by Crippen LogP contribution is -1.77. The number of halogens is 1. The number of rotatable bonds is 2. The van der Waals surface area contributed by atoms with Crippen LogP contribution in [0.2, 0.25) is 0 Å². The van der Waals surface area contributed by atoms with Crippen LogP contribution in [0.4, 0.5) is 5.82 Å². The number of pyridine rings is 1. The van der Waals surface area contributed by atoms with Crippen LogP contribution in [0.3, 0.4) is 0 Å². The fourth-order valence-electron chi connectivity index (χ4n) is 0.562. The van der Waals surface area contributed by atoms with Crippen LogP contribution in [0.1, 0.15) is 5.56 Å². The molecule has 0 fully saturated rings. The van der Waals surface area contributed by atoms with E-state index in [9.17, 15) is 0 Å². The second kappa shape index (κ2) is 3.60. The molecule has 0 aliphatic carbocycles. The Balaban J connectivity index is 2.90. The molecule has 1 aromatic heterocycles. The monoisotopic (exact) mass is 247 g/mol. The number of alkyl halides is 1. The molecular formula is C6H6IN3. The summed E-state index contributed by atoms with van der Waals surface area (Å²) < 4.78 is 0.947. The summed E-state index contributed by atoms with van der Waals surface area (Å²) in [5.74, 6) is 0.466. The Bertz CT molecular complexity index is 219. The van der Waals surface area contributed by atoms with Crippen molar-refractivity contribution in [1.82, 2.24) is 4.98 Å². The minimum atomic E-state index is 0.466. The van der Waals surface area contributed by atoms with E-state index in [-0.39, 0.29) is 0 Å². The molecule has 10 heavy (non-hydrogen) atoms. The molecule has 1 rings (SSSR count). The van der Waals surface area contributed by atoms with E-state index in [1.165, 1.54) is 0 Å². The molecule has 4 heteroatoms. The summed E-state index contributed by atoms with van der Waals surface area (Å²) >= 11 is 2.26. The standard InChI is InChI=1S/C6H6IN3/c7-3-5-1-2-6(10-8)9-4-5/h1-2,4,8H,3H2. The van der Waals surface area contributed by atoms with Crippen LogP contribution < -0.4 is 0 Å². The van der Waals surface area contributed by atoms with Gasteiger partial charge in [-0.2, -0.15) is 0 Å². The van der Waals surface area contributed by atoms with Gasteiger partial charge in [0, 0.05) is 10.6 Å². The first-order chi connectivity index (χ1) is 4.86. The maximum Gasteiger partial charge on any atom is 0.173 e. The molecule has 0 radical (unpaired) electrons. The average molecular weight is 247 g/mol. The van der Waals surface area contributed by atoms with E-state index in [4.69, 9.17) is 5.53 Å². The van der Waals surface area contributed by atoms with E-state index in [1.807, 2.05) is 6.07 Å². The predicted octanol–water partition coefficient (Wildman–Crippen LogP) is 2.68. The normalized spacial score (nSPS) is 9.30. The maximum absolute atomic E-state index is 6.63. The first kappa shape index (κ1) is 7.59. The summed E-state index contributed by atoms with van der Waals surface area (Å²) in [7, 11) is 0. The van der Waals surface area contributed by atoms with Crippen LogP contribution in [0.25, 0.3) is 0 Å². The maximum atomic E-state index is 6.63. The molecule has 0 aliphatic heterocycles. The fourth-order valence-corrected chi connectivity index (χ4v) is 1.01. The van der Waals surface area contributed by atoms with E-state index < -0.39 is 0 Å². The van der Waals surface area contributed by atoms with Gasteiger partial charge in [-0.05, 0) is 11.6 Å². The third-order valence-electron chi connectivity index (χ3n) is 1.08. The number of aromatic nitrogens is 1. The highest BCUT2D eigenvalue weighted by Gasteiger charge is 1.90. The SMILES string of the molecule is N=Nc1ccc(CI)cn1. The molecule has 0 saturated carbocycles. The molecule has 0 unspecified atom stereocenters. The molecule has 1 N–H and O–H groups in total. The number of hydrogen-bond donors (Lipinski definition) is 1. The van der Waals surface area contributed by atoms with Crippen molar-refractivity contribution < 1.29 is 0 Å². The summed E-state index contributed by atoms with van der Waals surface area (Å²) in [5, 5.41) is 3.18. The van der Waals surface area contributed by atoms with Crippen LogP contribution in [0.15, 0.2) is 23.4 Å². The lowest BCUT2D eigenvalue weighted by Gasteiger charge is -1.92. The number of nitrogens with zero attached hydrogens (tertiary/aromatic N) is 2. The molecule has 0 saturated heterocycles. The predicted molar refractivity (Wildman–Crippen MR) is 46.8 cm³/mol. The zero-order valence-corrected chi connectivity index (χ0v) is 7.37. The van der Waals surface area contributed by atoms with Crippen LogP contribution in [0, 0.1) is 5.53 Å². The molecule has 0 aromatic carbocycles. The number of nitrogens with one attached hydrogen (secondary N) is 1. The van der Waals surface area contributed by atoms with Crippen molar-refractivity contribution in [1.29, 1.82) is 5.53 Å². The molecule has 0 spiro atoms. The Morgan fingerprint density at radius 2 is 2.40 bits per heavy atom. The Hall–Kier alpha value is -0.520. The summed E-state index contributed by atoms with van der Waals surface area (Å²) in [6.45, 7) is 0. The lowest BCUT2D eigenvalue weighted by atomic mass is 10.3. The third kappa shape index (κ3) is 1.73.